The molecule has 1 unspecified atom stereocenters. The summed E-state index contributed by atoms with van der Waals surface area (Å²) in [4.78, 5) is 2.49. The third-order valence-corrected chi connectivity index (χ3v) is 4.76. The Labute approximate surface area is 124 Å². The van der Waals surface area contributed by atoms with E-state index in [1.165, 1.54) is 11.1 Å². The largest absolute Gasteiger partial charge is 0.322 e. The molecule has 19 heavy (non-hydrogen) atoms. The molecule has 1 aliphatic rings. The molecule has 0 aliphatic carbocycles. The SMILES string of the molecule is Cc1ccc(Br)cc1C(N)C(C)(C)N1CCNCC1. The molecule has 1 saturated heterocycles. The molecule has 0 radical (unpaired) electrons. The molecule has 1 aromatic carbocycles. The van der Waals surface area contributed by atoms with Crippen LogP contribution in [0.3, 0.4) is 0 Å². The predicted octanol–water partition coefficient (Wildman–Crippen LogP) is 2.44. The lowest BCUT2D eigenvalue weighted by Crippen LogP contribution is -2.57. The van der Waals surface area contributed by atoms with Crippen molar-refractivity contribution in [1.82, 2.24) is 10.2 Å². The van der Waals surface area contributed by atoms with Gasteiger partial charge in [-0.2, -0.15) is 0 Å². The van der Waals surface area contributed by atoms with E-state index in [-0.39, 0.29) is 11.6 Å². The lowest BCUT2D eigenvalue weighted by atomic mass is 9.85. The molecule has 1 fully saturated rings. The maximum absolute atomic E-state index is 6.59. The van der Waals surface area contributed by atoms with Gasteiger partial charge in [0, 0.05) is 42.2 Å². The molecule has 0 aromatic heterocycles. The van der Waals surface area contributed by atoms with Gasteiger partial charge in [0.15, 0.2) is 0 Å². The lowest BCUT2D eigenvalue weighted by molar-refractivity contribution is 0.0798. The first-order valence-corrected chi connectivity index (χ1v) is 7.69. The van der Waals surface area contributed by atoms with Gasteiger partial charge in [0.05, 0.1) is 0 Å². The van der Waals surface area contributed by atoms with E-state index in [9.17, 15) is 0 Å². The fourth-order valence-corrected chi connectivity index (χ4v) is 3.14. The van der Waals surface area contributed by atoms with E-state index >= 15 is 0 Å². The van der Waals surface area contributed by atoms with Gasteiger partial charge in [0.1, 0.15) is 0 Å². The highest BCUT2D eigenvalue weighted by Gasteiger charge is 2.35. The number of hydrogen-bond acceptors (Lipinski definition) is 3. The zero-order valence-corrected chi connectivity index (χ0v) is 13.6. The van der Waals surface area contributed by atoms with Crippen LogP contribution in [-0.2, 0) is 0 Å². The molecule has 1 aliphatic heterocycles. The standard InChI is InChI=1S/C15H24BrN3/c1-11-4-5-12(16)10-13(11)14(17)15(2,3)19-8-6-18-7-9-19/h4-5,10,14,18H,6-9,17H2,1-3H3. The third kappa shape index (κ3) is 3.19. The smallest absolute Gasteiger partial charge is 0.0479 e. The molecular formula is C15H24BrN3. The van der Waals surface area contributed by atoms with Crippen LogP contribution in [0.5, 0.6) is 0 Å². The fraction of sp³-hybridized carbons (Fsp3) is 0.600. The van der Waals surface area contributed by atoms with Gasteiger partial charge in [-0.15, -0.1) is 0 Å². The van der Waals surface area contributed by atoms with Crippen LogP contribution < -0.4 is 11.1 Å². The molecule has 3 nitrogen and oxygen atoms in total. The minimum absolute atomic E-state index is 0.0168. The molecule has 0 spiro atoms. The van der Waals surface area contributed by atoms with Gasteiger partial charge < -0.3 is 11.1 Å². The van der Waals surface area contributed by atoms with Crippen LogP contribution in [0.2, 0.25) is 0 Å². The minimum Gasteiger partial charge on any atom is -0.322 e. The number of nitrogens with two attached hydrogens (primary N) is 1. The number of hydrogen-bond donors (Lipinski definition) is 2. The summed E-state index contributed by atoms with van der Waals surface area (Å²) >= 11 is 3.55. The van der Waals surface area contributed by atoms with Crippen molar-refractivity contribution in [3.63, 3.8) is 0 Å². The van der Waals surface area contributed by atoms with E-state index in [1.807, 2.05) is 0 Å². The first-order valence-electron chi connectivity index (χ1n) is 6.90. The van der Waals surface area contributed by atoms with Crippen molar-refractivity contribution in [2.24, 2.45) is 5.73 Å². The van der Waals surface area contributed by atoms with Gasteiger partial charge in [-0.1, -0.05) is 22.0 Å². The predicted molar refractivity (Wildman–Crippen MR) is 84.3 cm³/mol. The second-order valence-electron chi connectivity index (χ2n) is 5.87. The molecule has 1 atom stereocenters. The summed E-state index contributed by atoms with van der Waals surface area (Å²) in [7, 11) is 0. The van der Waals surface area contributed by atoms with Crippen molar-refractivity contribution < 1.29 is 0 Å². The molecule has 3 N–H and O–H groups in total. The van der Waals surface area contributed by atoms with Crippen LogP contribution in [0, 0.1) is 6.92 Å². The Morgan fingerprint density at radius 2 is 1.95 bits per heavy atom. The van der Waals surface area contributed by atoms with Crippen LogP contribution in [0.1, 0.15) is 31.0 Å². The normalized spacial score (nSPS) is 19.4. The summed E-state index contributed by atoms with van der Waals surface area (Å²) in [6, 6.07) is 6.38. The van der Waals surface area contributed by atoms with Crippen LogP contribution in [0.15, 0.2) is 22.7 Å². The number of nitrogens with zero attached hydrogens (tertiary/aromatic N) is 1. The topological polar surface area (TPSA) is 41.3 Å². The molecule has 4 heteroatoms. The van der Waals surface area contributed by atoms with Gasteiger partial charge in [-0.05, 0) is 44.0 Å². The van der Waals surface area contributed by atoms with E-state index in [0.717, 1.165) is 30.7 Å². The summed E-state index contributed by atoms with van der Waals surface area (Å²) in [5.74, 6) is 0. The van der Waals surface area contributed by atoms with Crippen LogP contribution in [0.25, 0.3) is 0 Å². The summed E-state index contributed by atoms with van der Waals surface area (Å²) in [6.07, 6.45) is 0. The van der Waals surface area contributed by atoms with Gasteiger partial charge in [-0.25, -0.2) is 0 Å². The van der Waals surface area contributed by atoms with Gasteiger partial charge in [0.25, 0.3) is 0 Å². The highest BCUT2D eigenvalue weighted by atomic mass is 79.9. The molecule has 1 heterocycles. The van der Waals surface area contributed by atoms with E-state index in [4.69, 9.17) is 5.73 Å². The van der Waals surface area contributed by atoms with Crippen LogP contribution in [0.4, 0.5) is 0 Å². The van der Waals surface area contributed by atoms with Crippen LogP contribution in [-0.4, -0.2) is 36.6 Å². The molecule has 0 amide bonds. The average molecular weight is 326 g/mol. The Kier molecular flexibility index (Phi) is 4.66. The van der Waals surface area contributed by atoms with Crippen molar-refractivity contribution >= 4 is 15.9 Å². The summed E-state index contributed by atoms with van der Waals surface area (Å²) in [5, 5.41) is 3.40. The zero-order chi connectivity index (χ0) is 14.0. The first kappa shape index (κ1) is 15.0. The molecule has 0 saturated carbocycles. The molecule has 2 rings (SSSR count). The number of halogens is 1. The second-order valence-corrected chi connectivity index (χ2v) is 6.78. The van der Waals surface area contributed by atoms with E-state index in [1.54, 1.807) is 0 Å². The molecule has 1 aromatic rings. The Balaban J connectivity index is 2.25. The zero-order valence-electron chi connectivity index (χ0n) is 12.0. The summed E-state index contributed by atoms with van der Waals surface area (Å²) in [6.45, 7) is 10.9. The van der Waals surface area contributed by atoms with E-state index in [2.05, 4.69) is 65.1 Å². The molecule has 106 valence electrons. The quantitative estimate of drug-likeness (QED) is 0.896. The number of piperazine rings is 1. The van der Waals surface area contributed by atoms with Gasteiger partial charge in [0.2, 0.25) is 0 Å². The van der Waals surface area contributed by atoms with Crippen molar-refractivity contribution in [2.45, 2.75) is 32.4 Å². The summed E-state index contributed by atoms with van der Waals surface area (Å²) < 4.78 is 1.10. The number of benzene rings is 1. The molecular weight excluding hydrogens is 302 g/mol. The monoisotopic (exact) mass is 325 g/mol. The lowest BCUT2D eigenvalue weighted by Gasteiger charge is -2.45. The first-order chi connectivity index (χ1) is 8.93. The fourth-order valence-electron chi connectivity index (χ4n) is 2.76. The second kappa shape index (κ2) is 5.92. The third-order valence-electron chi connectivity index (χ3n) is 4.27. The van der Waals surface area contributed by atoms with Crippen molar-refractivity contribution in [3.05, 3.63) is 33.8 Å². The Morgan fingerprint density at radius 1 is 1.32 bits per heavy atom. The maximum atomic E-state index is 6.59. The Bertz CT molecular complexity index is 439. The minimum atomic E-state index is -0.0341. The Hall–Kier alpha value is -0.420. The van der Waals surface area contributed by atoms with E-state index in [0.29, 0.717) is 0 Å². The van der Waals surface area contributed by atoms with Crippen molar-refractivity contribution in [1.29, 1.82) is 0 Å². The van der Waals surface area contributed by atoms with Gasteiger partial charge in [-0.3, -0.25) is 4.90 Å². The van der Waals surface area contributed by atoms with Crippen molar-refractivity contribution in [3.8, 4) is 0 Å². The average Bonchev–Trinajstić information content (AvgIpc) is 2.41. The number of aryl methyl sites for hydroxylation is 1. The maximum Gasteiger partial charge on any atom is 0.0479 e. The number of nitrogens with one attached hydrogen (secondary N) is 1. The van der Waals surface area contributed by atoms with Gasteiger partial charge >= 0.3 is 0 Å². The highest BCUT2D eigenvalue weighted by molar-refractivity contribution is 9.10. The van der Waals surface area contributed by atoms with E-state index < -0.39 is 0 Å². The highest BCUT2D eigenvalue weighted by Crippen LogP contribution is 2.32. The molecule has 0 bridgehead atoms. The summed E-state index contributed by atoms with van der Waals surface area (Å²) in [5.41, 5.74) is 9.05. The number of rotatable bonds is 3. The van der Waals surface area contributed by atoms with Crippen molar-refractivity contribution in [2.75, 3.05) is 26.2 Å². The Morgan fingerprint density at radius 3 is 2.58 bits per heavy atom. The van der Waals surface area contributed by atoms with Crippen LogP contribution >= 0.6 is 15.9 Å².